The van der Waals surface area contributed by atoms with Crippen molar-refractivity contribution in [3.05, 3.63) is 35.4 Å². The largest absolute Gasteiger partial charge is 0.480 e. The van der Waals surface area contributed by atoms with Gasteiger partial charge in [-0.1, -0.05) is 12.1 Å². The van der Waals surface area contributed by atoms with Crippen molar-refractivity contribution in [2.75, 3.05) is 0 Å². The van der Waals surface area contributed by atoms with Gasteiger partial charge in [-0.15, -0.1) is 0 Å². The highest BCUT2D eigenvalue weighted by molar-refractivity contribution is 5.84. The van der Waals surface area contributed by atoms with Crippen LogP contribution in [0, 0.1) is 0 Å². The Bertz CT molecular complexity index is 565. The van der Waals surface area contributed by atoms with Gasteiger partial charge in [0, 0.05) is 0 Å². The van der Waals surface area contributed by atoms with E-state index in [0.29, 0.717) is 12.1 Å². The summed E-state index contributed by atoms with van der Waals surface area (Å²) in [6.07, 6.45) is -11.6. The van der Waals surface area contributed by atoms with E-state index in [1.165, 1.54) is 0 Å². The maximum atomic E-state index is 12.3. The Morgan fingerprint density at radius 1 is 1.04 bits per heavy atom. The average Bonchev–Trinajstić information content (AvgIpc) is 2.35. The molecule has 1 rings (SSSR count). The molecular weight excluding hydrogens is 332 g/mol. The molecule has 0 aliphatic carbocycles. The molecule has 0 saturated heterocycles. The summed E-state index contributed by atoms with van der Waals surface area (Å²) >= 11 is 0. The molecule has 0 aliphatic heterocycles. The van der Waals surface area contributed by atoms with Crippen LogP contribution in [0.5, 0.6) is 0 Å². The zero-order valence-corrected chi connectivity index (χ0v) is 11.3. The molecule has 0 aliphatic rings. The van der Waals surface area contributed by atoms with Gasteiger partial charge < -0.3 is 10.4 Å². The lowest BCUT2D eigenvalue weighted by Gasteiger charge is -2.16. The van der Waals surface area contributed by atoms with Gasteiger partial charge in [-0.2, -0.15) is 26.3 Å². The van der Waals surface area contributed by atoms with Gasteiger partial charge >= 0.3 is 18.3 Å². The Hall–Kier alpha value is -2.26. The minimum absolute atomic E-state index is 0.103. The number of nitrogens with one attached hydrogen (secondary N) is 1. The Morgan fingerprint density at radius 3 is 1.96 bits per heavy atom. The molecule has 0 bridgehead atoms. The quantitative estimate of drug-likeness (QED) is 0.808. The molecule has 2 N–H and O–H groups in total. The molecule has 0 aromatic heterocycles. The number of alkyl halides is 6. The van der Waals surface area contributed by atoms with E-state index in [-0.39, 0.29) is 5.56 Å². The van der Waals surface area contributed by atoms with Gasteiger partial charge in [0.25, 0.3) is 0 Å². The summed E-state index contributed by atoms with van der Waals surface area (Å²) in [6.45, 7) is 0. The topological polar surface area (TPSA) is 66.4 Å². The second-order valence-electron chi connectivity index (χ2n) is 4.65. The molecule has 0 spiro atoms. The maximum Gasteiger partial charge on any atom is 0.416 e. The highest BCUT2D eigenvalue weighted by Crippen LogP contribution is 2.29. The smallest absolute Gasteiger partial charge is 0.416 e. The lowest BCUT2D eigenvalue weighted by Crippen LogP contribution is -2.44. The summed E-state index contributed by atoms with van der Waals surface area (Å²) in [4.78, 5) is 22.2. The van der Waals surface area contributed by atoms with Crippen molar-refractivity contribution in [2.45, 2.75) is 31.2 Å². The third kappa shape index (κ3) is 6.57. The van der Waals surface area contributed by atoms with E-state index in [2.05, 4.69) is 0 Å². The number of benzene rings is 1. The minimum atomic E-state index is -4.79. The predicted octanol–water partition coefficient (Wildman–Crippen LogP) is 2.77. The Balaban J connectivity index is 2.70. The van der Waals surface area contributed by atoms with Crippen LogP contribution >= 0.6 is 0 Å². The number of amides is 1. The molecule has 23 heavy (non-hydrogen) atoms. The zero-order valence-electron chi connectivity index (χ0n) is 11.3. The first kappa shape index (κ1) is 18.8. The molecule has 0 radical (unpaired) electrons. The monoisotopic (exact) mass is 343 g/mol. The van der Waals surface area contributed by atoms with Crippen molar-refractivity contribution in [3.8, 4) is 0 Å². The summed E-state index contributed by atoms with van der Waals surface area (Å²) in [5.74, 6) is -2.90. The Morgan fingerprint density at radius 2 is 1.57 bits per heavy atom. The molecule has 4 nitrogen and oxygen atoms in total. The third-order valence-corrected chi connectivity index (χ3v) is 2.71. The van der Waals surface area contributed by atoms with Crippen molar-refractivity contribution in [1.29, 1.82) is 0 Å². The van der Waals surface area contributed by atoms with Gasteiger partial charge in [-0.05, 0) is 17.7 Å². The number of hydrogen-bond donors (Lipinski definition) is 2. The standard InChI is InChI=1S/C13H11F6NO3/c14-12(15,16)6-9(11(22)23)20-10(21)5-7-1-3-8(4-2-7)13(17,18)19/h1-4,9H,5-6H2,(H,20,21)(H,22,23). The molecule has 1 aromatic carbocycles. The second-order valence-corrected chi connectivity index (χ2v) is 4.65. The fourth-order valence-corrected chi connectivity index (χ4v) is 1.67. The number of carboxylic acid groups (broad SMARTS) is 1. The number of carboxylic acids is 1. The van der Waals surface area contributed by atoms with Crippen molar-refractivity contribution in [3.63, 3.8) is 0 Å². The zero-order chi connectivity index (χ0) is 17.8. The van der Waals surface area contributed by atoms with Gasteiger partial charge in [0.05, 0.1) is 18.4 Å². The maximum absolute atomic E-state index is 12.3. The van der Waals surface area contributed by atoms with Crippen LogP contribution in [0.25, 0.3) is 0 Å². The first-order valence-corrected chi connectivity index (χ1v) is 6.13. The van der Waals surface area contributed by atoms with Crippen LogP contribution in [0.3, 0.4) is 0 Å². The second kappa shape index (κ2) is 6.88. The van der Waals surface area contributed by atoms with Crippen molar-refractivity contribution in [1.82, 2.24) is 5.32 Å². The van der Waals surface area contributed by atoms with E-state index in [1.807, 2.05) is 0 Å². The van der Waals surface area contributed by atoms with Crippen LogP contribution in [-0.2, 0) is 22.2 Å². The number of hydrogen-bond acceptors (Lipinski definition) is 2. The molecule has 0 saturated carbocycles. The highest BCUT2D eigenvalue weighted by Gasteiger charge is 2.36. The predicted molar refractivity (Wildman–Crippen MR) is 65.4 cm³/mol. The molecular formula is C13H11F6NO3. The van der Waals surface area contributed by atoms with E-state index >= 15 is 0 Å². The number of rotatable bonds is 5. The van der Waals surface area contributed by atoms with E-state index in [1.54, 1.807) is 5.32 Å². The Kier molecular flexibility index (Phi) is 5.62. The van der Waals surface area contributed by atoms with Gasteiger partial charge in [-0.3, -0.25) is 4.79 Å². The molecule has 1 amide bonds. The molecule has 1 atom stereocenters. The molecule has 0 fully saturated rings. The lowest BCUT2D eigenvalue weighted by atomic mass is 10.1. The number of carbonyl (C=O) groups excluding carboxylic acids is 1. The molecule has 0 heterocycles. The number of halogens is 6. The van der Waals surface area contributed by atoms with Crippen molar-refractivity contribution < 1.29 is 41.0 Å². The first-order valence-electron chi connectivity index (χ1n) is 6.13. The summed E-state index contributed by atoms with van der Waals surface area (Å²) in [5, 5.41) is 10.3. The normalized spacial score (nSPS) is 13.5. The van der Waals surface area contributed by atoms with Crippen LogP contribution in [0.4, 0.5) is 26.3 Å². The van der Waals surface area contributed by atoms with Gasteiger partial charge in [0.1, 0.15) is 6.04 Å². The van der Waals surface area contributed by atoms with E-state index in [0.717, 1.165) is 12.1 Å². The fourth-order valence-electron chi connectivity index (χ4n) is 1.67. The highest BCUT2D eigenvalue weighted by atomic mass is 19.4. The van der Waals surface area contributed by atoms with Crippen LogP contribution < -0.4 is 5.32 Å². The summed E-state index contributed by atoms with van der Waals surface area (Å²) in [5.41, 5.74) is -0.839. The lowest BCUT2D eigenvalue weighted by molar-refractivity contribution is -0.159. The molecule has 1 unspecified atom stereocenters. The number of aliphatic carboxylic acids is 1. The molecule has 128 valence electrons. The van der Waals surface area contributed by atoms with Crippen molar-refractivity contribution >= 4 is 11.9 Å². The summed E-state index contributed by atoms with van der Waals surface area (Å²) < 4.78 is 73.6. The van der Waals surface area contributed by atoms with Crippen LogP contribution in [0.1, 0.15) is 17.5 Å². The molecule has 1 aromatic rings. The SMILES string of the molecule is O=C(Cc1ccc(C(F)(F)F)cc1)NC(CC(F)(F)F)C(=O)O. The van der Waals surface area contributed by atoms with Crippen LogP contribution in [0.2, 0.25) is 0 Å². The van der Waals surface area contributed by atoms with Gasteiger partial charge in [-0.25, -0.2) is 4.79 Å². The van der Waals surface area contributed by atoms with Crippen LogP contribution in [0.15, 0.2) is 24.3 Å². The van der Waals surface area contributed by atoms with E-state index < -0.39 is 48.7 Å². The summed E-state index contributed by atoms with van der Waals surface area (Å²) in [6, 6.07) is 1.25. The average molecular weight is 343 g/mol. The van der Waals surface area contributed by atoms with Gasteiger partial charge in [0.15, 0.2) is 0 Å². The molecule has 10 heteroatoms. The number of carbonyl (C=O) groups is 2. The van der Waals surface area contributed by atoms with Crippen LogP contribution in [-0.4, -0.2) is 29.2 Å². The minimum Gasteiger partial charge on any atom is -0.480 e. The van der Waals surface area contributed by atoms with E-state index in [9.17, 15) is 35.9 Å². The van der Waals surface area contributed by atoms with E-state index in [4.69, 9.17) is 5.11 Å². The fraction of sp³-hybridized carbons (Fsp3) is 0.385. The van der Waals surface area contributed by atoms with Crippen molar-refractivity contribution in [2.24, 2.45) is 0 Å². The third-order valence-electron chi connectivity index (χ3n) is 2.71. The first-order chi connectivity index (χ1) is 10.4. The summed E-state index contributed by atoms with van der Waals surface area (Å²) in [7, 11) is 0. The van der Waals surface area contributed by atoms with Gasteiger partial charge in [0.2, 0.25) is 5.91 Å². The Labute approximate surface area is 126 Å².